The molecule has 0 aliphatic rings. The maximum absolute atomic E-state index is 11.9. The van der Waals surface area contributed by atoms with Crippen LogP contribution in [0.2, 0.25) is 0 Å². The van der Waals surface area contributed by atoms with E-state index in [4.69, 9.17) is 4.74 Å². The van der Waals surface area contributed by atoms with Crippen molar-refractivity contribution in [2.45, 2.75) is 25.5 Å². The standard InChI is InChI=1S/C12H17NO4S/c1-12(2,3)18(15,16)13-10-5-6-11(17-4)9(7-10)8-14/h5-8,13H,1-4H3. The topological polar surface area (TPSA) is 72.5 Å². The van der Waals surface area contributed by atoms with Crippen molar-refractivity contribution < 1.29 is 17.9 Å². The van der Waals surface area contributed by atoms with Crippen molar-refractivity contribution >= 4 is 22.0 Å². The van der Waals surface area contributed by atoms with E-state index < -0.39 is 14.8 Å². The lowest BCUT2D eigenvalue weighted by atomic mass is 10.2. The summed E-state index contributed by atoms with van der Waals surface area (Å²) in [5, 5.41) is 0. The molecule has 0 fully saturated rings. The largest absolute Gasteiger partial charge is 0.496 e. The highest BCUT2D eigenvalue weighted by molar-refractivity contribution is 7.94. The summed E-state index contributed by atoms with van der Waals surface area (Å²) in [5.41, 5.74) is 0.638. The zero-order chi connectivity index (χ0) is 14.0. The summed E-state index contributed by atoms with van der Waals surface area (Å²) < 4.78 is 30.4. The van der Waals surface area contributed by atoms with Gasteiger partial charge in [-0.1, -0.05) is 0 Å². The normalized spacial score (nSPS) is 12.0. The predicted octanol–water partition coefficient (Wildman–Crippen LogP) is 2.05. The predicted molar refractivity (Wildman–Crippen MR) is 70.7 cm³/mol. The second-order valence-corrected chi connectivity index (χ2v) is 7.23. The van der Waals surface area contributed by atoms with Crippen molar-refractivity contribution in [1.82, 2.24) is 0 Å². The van der Waals surface area contributed by atoms with Gasteiger partial charge in [0.15, 0.2) is 6.29 Å². The van der Waals surface area contributed by atoms with E-state index in [9.17, 15) is 13.2 Å². The summed E-state index contributed by atoms with van der Waals surface area (Å²) in [5.74, 6) is 0.406. The number of anilines is 1. The third-order valence-electron chi connectivity index (χ3n) is 2.42. The quantitative estimate of drug-likeness (QED) is 0.851. The molecule has 0 aliphatic heterocycles. The van der Waals surface area contributed by atoms with Crippen LogP contribution in [-0.4, -0.2) is 26.6 Å². The lowest BCUT2D eigenvalue weighted by Crippen LogP contribution is -2.33. The van der Waals surface area contributed by atoms with Crippen LogP contribution in [0, 0.1) is 0 Å². The highest BCUT2D eigenvalue weighted by Gasteiger charge is 2.28. The molecule has 0 unspecified atom stereocenters. The Morgan fingerprint density at radius 2 is 1.89 bits per heavy atom. The van der Waals surface area contributed by atoms with Gasteiger partial charge in [0.1, 0.15) is 5.75 Å². The Morgan fingerprint density at radius 3 is 2.33 bits per heavy atom. The van der Waals surface area contributed by atoms with Crippen LogP contribution < -0.4 is 9.46 Å². The van der Waals surface area contributed by atoms with Crippen LogP contribution in [0.3, 0.4) is 0 Å². The van der Waals surface area contributed by atoms with Crippen molar-refractivity contribution in [1.29, 1.82) is 0 Å². The van der Waals surface area contributed by atoms with E-state index in [1.807, 2.05) is 0 Å². The van der Waals surface area contributed by atoms with Crippen LogP contribution in [0.1, 0.15) is 31.1 Å². The summed E-state index contributed by atoms with van der Waals surface area (Å²) in [6.07, 6.45) is 0.619. The summed E-state index contributed by atoms with van der Waals surface area (Å²) in [6.45, 7) is 4.79. The van der Waals surface area contributed by atoms with E-state index in [-0.39, 0.29) is 0 Å². The first-order valence-corrected chi connectivity index (χ1v) is 6.85. The number of rotatable bonds is 4. The highest BCUT2D eigenvalue weighted by Crippen LogP contribution is 2.24. The van der Waals surface area contributed by atoms with E-state index in [0.717, 1.165) is 0 Å². The Labute approximate surface area is 107 Å². The Kier molecular flexibility index (Phi) is 4.01. The van der Waals surface area contributed by atoms with Crippen LogP contribution in [0.5, 0.6) is 5.75 Å². The third-order valence-corrected chi connectivity index (χ3v) is 4.53. The fraction of sp³-hybridized carbons (Fsp3) is 0.417. The molecule has 1 aromatic rings. The number of aldehydes is 1. The van der Waals surface area contributed by atoms with Crippen LogP contribution in [0.15, 0.2) is 18.2 Å². The van der Waals surface area contributed by atoms with Crippen molar-refractivity contribution in [3.63, 3.8) is 0 Å². The molecule has 6 heteroatoms. The molecule has 1 N–H and O–H groups in total. The van der Waals surface area contributed by atoms with E-state index >= 15 is 0 Å². The first-order chi connectivity index (χ1) is 8.21. The lowest BCUT2D eigenvalue weighted by Gasteiger charge is -2.20. The lowest BCUT2D eigenvalue weighted by molar-refractivity contribution is 0.112. The highest BCUT2D eigenvalue weighted by atomic mass is 32.2. The first-order valence-electron chi connectivity index (χ1n) is 5.37. The molecule has 0 atom stereocenters. The molecule has 100 valence electrons. The Morgan fingerprint density at radius 1 is 1.28 bits per heavy atom. The Balaban J connectivity index is 3.11. The minimum Gasteiger partial charge on any atom is -0.496 e. The zero-order valence-electron chi connectivity index (χ0n) is 10.9. The summed E-state index contributed by atoms with van der Waals surface area (Å²) in [4.78, 5) is 10.8. The number of nitrogens with one attached hydrogen (secondary N) is 1. The molecule has 0 aliphatic carbocycles. The number of benzene rings is 1. The minimum atomic E-state index is -3.50. The maximum atomic E-state index is 11.9. The molecule has 0 heterocycles. The number of ether oxygens (including phenoxy) is 1. The number of carbonyl (C=O) groups excluding carboxylic acids is 1. The summed E-state index contributed by atoms with van der Waals surface area (Å²) in [6, 6.07) is 4.54. The third kappa shape index (κ3) is 3.01. The van der Waals surface area contributed by atoms with Gasteiger partial charge in [0, 0.05) is 5.69 Å². The van der Waals surface area contributed by atoms with Gasteiger partial charge < -0.3 is 4.74 Å². The molecule has 0 bridgehead atoms. The molecular weight excluding hydrogens is 254 g/mol. The molecule has 1 aromatic carbocycles. The second-order valence-electron chi connectivity index (χ2n) is 4.79. The molecule has 18 heavy (non-hydrogen) atoms. The van der Waals surface area contributed by atoms with Crippen molar-refractivity contribution in [3.05, 3.63) is 23.8 Å². The van der Waals surface area contributed by atoms with Gasteiger partial charge >= 0.3 is 0 Å². The second kappa shape index (κ2) is 4.97. The molecule has 0 radical (unpaired) electrons. The van der Waals surface area contributed by atoms with Gasteiger partial charge in [-0.2, -0.15) is 0 Å². The molecule has 0 aromatic heterocycles. The van der Waals surface area contributed by atoms with Gasteiger partial charge in [-0.3, -0.25) is 9.52 Å². The first kappa shape index (κ1) is 14.5. The van der Waals surface area contributed by atoms with Gasteiger partial charge in [-0.25, -0.2) is 8.42 Å². The minimum absolute atomic E-state index is 0.298. The molecule has 1 rings (SSSR count). The van der Waals surface area contributed by atoms with Gasteiger partial charge in [0.2, 0.25) is 10.0 Å². The summed E-state index contributed by atoms with van der Waals surface area (Å²) >= 11 is 0. The van der Waals surface area contributed by atoms with E-state index in [1.165, 1.54) is 13.2 Å². The van der Waals surface area contributed by atoms with E-state index in [2.05, 4.69) is 4.72 Å². The number of carbonyl (C=O) groups is 1. The van der Waals surface area contributed by atoms with Crippen molar-refractivity contribution in [2.75, 3.05) is 11.8 Å². The van der Waals surface area contributed by atoms with Crippen LogP contribution in [0.4, 0.5) is 5.69 Å². The average Bonchev–Trinajstić information content (AvgIpc) is 2.26. The van der Waals surface area contributed by atoms with Crippen molar-refractivity contribution in [2.24, 2.45) is 0 Å². The number of hydrogen-bond donors (Lipinski definition) is 1. The van der Waals surface area contributed by atoms with Gasteiger partial charge in [-0.05, 0) is 39.0 Å². The molecule has 0 saturated carbocycles. The van der Waals surface area contributed by atoms with Gasteiger partial charge in [0.25, 0.3) is 0 Å². The van der Waals surface area contributed by atoms with Gasteiger partial charge in [-0.15, -0.1) is 0 Å². The zero-order valence-corrected chi connectivity index (χ0v) is 11.7. The van der Waals surface area contributed by atoms with E-state index in [1.54, 1.807) is 32.9 Å². The fourth-order valence-corrected chi connectivity index (χ4v) is 1.94. The monoisotopic (exact) mass is 271 g/mol. The van der Waals surface area contributed by atoms with Crippen LogP contribution in [-0.2, 0) is 10.0 Å². The molecule has 0 saturated heterocycles. The molecule has 0 amide bonds. The Hall–Kier alpha value is -1.56. The van der Waals surface area contributed by atoms with Crippen LogP contribution in [0.25, 0.3) is 0 Å². The number of sulfonamides is 1. The SMILES string of the molecule is COc1ccc(NS(=O)(=O)C(C)(C)C)cc1C=O. The van der Waals surface area contributed by atoms with Crippen molar-refractivity contribution in [3.8, 4) is 5.75 Å². The smallest absolute Gasteiger partial charge is 0.237 e. The summed E-state index contributed by atoms with van der Waals surface area (Å²) in [7, 11) is -2.06. The fourth-order valence-electron chi connectivity index (χ4n) is 1.20. The molecule has 0 spiro atoms. The van der Waals surface area contributed by atoms with Crippen LogP contribution >= 0.6 is 0 Å². The number of methoxy groups -OCH3 is 1. The Bertz CT molecular complexity index is 544. The van der Waals surface area contributed by atoms with E-state index in [0.29, 0.717) is 23.3 Å². The number of hydrogen-bond acceptors (Lipinski definition) is 4. The molecule has 5 nitrogen and oxygen atoms in total. The average molecular weight is 271 g/mol. The van der Waals surface area contributed by atoms with Gasteiger partial charge in [0.05, 0.1) is 17.4 Å². The maximum Gasteiger partial charge on any atom is 0.237 e. The molecular formula is C12H17NO4S.